The fourth-order valence-electron chi connectivity index (χ4n) is 1.60. The second kappa shape index (κ2) is 11.1. The van der Waals surface area contributed by atoms with Crippen LogP contribution < -0.4 is 24.6 Å². The third-order valence-electron chi connectivity index (χ3n) is 2.24. The van der Waals surface area contributed by atoms with E-state index in [-0.39, 0.29) is 24.6 Å². The molecule has 0 saturated heterocycles. The van der Waals surface area contributed by atoms with E-state index in [9.17, 15) is 0 Å². The summed E-state index contributed by atoms with van der Waals surface area (Å²) in [5.41, 5.74) is 4.48. The Hall–Kier alpha value is -0.940. The van der Waals surface area contributed by atoms with Gasteiger partial charge in [0.25, 0.3) is 0 Å². The number of benzene rings is 1. The first-order valence-corrected chi connectivity index (χ1v) is 4.37. The standard InChI is InChI=1S/C11H16.4H3N/c1-4-10-8-6-7-9(3)11(10)5-2;;;;/h6-8H,4-5H2,1-3H3;4*1H3. The monoisotopic (exact) mass is 216 g/mol. The van der Waals surface area contributed by atoms with Gasteiger partial charge in [0.15, 0.2) is 0 Å². The molecular formula is C11H28N4. The van der Waals surface area contributed by atoms with Crippen molar-refractivity contribution in [2.75, 3.05) is 0 Å². The van der Waals surface area contributed by atoms with Crippen LogP contribution in [0.1, 0.15) is 30.5 Å². The Kier molecular flexibility index (Phi) is 17.6. The molecule has 0 bridgehead atoms. The number of hydrogen-bond acceptors (Lipinski definition) is 4. The summed E-state index contributed by atoms with van der Waals surface area (Å²) >= 11 is 0. The van der Waals surface area contributed by atoms with Crippen LogP contribution in [0.4, 0.5) is 0 Å². The first-order valence-electron chi connectivity index (χ1n) is 4.37. The minimum absolute atomic E-state index is 0. The average molecular weight is 216 g/mol. The van der Waals surface area contributed by atoms with Crippen LogP contribution in [0, 0.1) is 6.92 Å². The van der Waals surface area contributed by atoms with Gasteiger partial charge in [-0.25, -0.2) is 0 Å². The highest BCUT2D eigenvalue weighted by Crippen LogP contribution is 2.14. The third-order valence-corrected chi connectivity index (χ3v) is 2.24. The zero-order valence-electron chi connectivity index (χ0n) is 10.5. The Morgan fingerprint density at radius 3 is 1.73 bits per heavy atom. The normalized spacial score (nSPS) is 7.40. The smallest absolute Gasteiger partial charge is 0.0302 e. The summed E-state index contributed by atoms with van der Waals surface area (Å²) in [6, 6.07) is 6.57. The Bertz CT molecular complexity index is 248. The largest absolute Gasteiger partial charge is 0.344 e. The molecule has 0 aliphatic rings. The van der Waals surface area contributed by atoms with Gasteiger partial charge in [0.05, 0.1) is 0 Å². The van der Waals surface area contributed by atoms with Gasteiger partial charge in [0.1, 0.15) is 0 Å². The summed E-state index contributed by atoms with van der Waals surface area (Å²) in [5, 5.41) is 0. The van der Waals surface area contributed by atoms with Crippen LogP contribution in [0.2, 0.25) is 0 Å². The minimum atomic E-state index is 0. The summed E-state index contributed by atoms with van der Waals surface area (Å²) < 4.78 is 0. The average Bonchev–Trinajstić information content (AvgIpc) is 2.04. The predicted molar refractivity (Wildman–Crippen MR) is 70.0 cm³/mol. The fraction of sp³-hybridized carbons (Fsp3) is 0.455. The van der Waals surface area contributed by atoms with Crippen LogP contribution in [0.15, 0.2) is 18.2 Å². The minimum Gasteiger partial charge on any atom is -0.344 e. The zero-order valence-corrected chi connectivity index (χ0v) is 10.5. The Morgan fingerprint density at radius 1 is 0.867 bits per heavy atom. The lowest BCUT2D eigenvalue weighted by Crippen LogP contribution is -1.93. The topological polar surface area (TPSA) is 140 Å². The molecule has 1 aromatic carbocycles. The van der Waals surface area contributed by atoms with Gasteiger partial charge in [-0.1, -0.05) is 32.0 Å². The van der Waals surface area contributed by atoms with E-state index in [4.69, 9.17) is 0 Å². The van der Waals surface area contributed by atoms with Crippen LogP contribution in [-0.2, 0) is 12.8 Å². The highest BCUT2D eigenvalue weighted by Gasteiger charge is 1.99. The van der Waals surface area contributed by atoms with Crippen LogP contribution in [0.25, 0.3) is 0 Å². The lowest BCUT2D eigenvalue weighted by atomic mass is 9.98. The maximum atomic E-state index is 2.23. The fourth-order valence-corrected chi connectivity index (χ4v) is 1.60. The number of aryl methyl sites for hydroxylation is 2. The first kappa shape index (κ1) is 23.7. The van der Waals surface area contributed by atoms with Gasteiger partial charge in [-0.3, -0.25) is 0 Å². The molecule has 12 N–H and O–H groups in total. The van der Waals surface area contributed by atoms with Crippen LogP contribution >= 0.6 is 0 Å². The molecule has 92 valence electrons. The lowest BCUT2D eigenvalue weighted by molar-refractivity contribution is 1.02. The summed E-state index contributed by atoms with van der Waals surface area (Å²) in [6.45, 7) is 6.63. The maximum absolute atomic E-state index is 2.23. The van der Waals surface area contributed by atoms with Gasteiger partial charge in [-0.15, -0.1) is 0 Å². The summed E-state index contributed by atoms with van der Waals surface area (Å²) in [6.07, 6.45) is 2.32. The van der Waals surface area contributed by atoms with Gasteiger partial charge in [-0.2, -0.15) is 0 Å². The van der Waals surface area contributed by atoms with Crippen LogP contribution in [-0.4, -0.2) is 0 Å². The van der Waals surface area contributed by atoms with Crippen molar-refractivity contribution in [3.8, 4) is 0 Å². The molecule has 0 fully saturated rings. The maximum Gasteiger partial charge on any atom is -0.0302 e. The highest BCUT2D eigenvalue weighted by atomic mass is 14.0. The molecule has 0 unspecified atom stereocenters. The summed E-state index contributed by atoms with van der Waals surface area (Å²) in [7, 11) is 0. The van der Waals surface area contributed by atoms with Crippen molar-refractivity contribution in [1.82, 2.24) is 24.6 Å². The second-order valence-corrected chi connectivity index (χ2v) is 2.92. The van der Waals surface area contributed by atoms with Gasteiger partial charge in [0.2, 0.25) is 0 Å². The van der Waals surface area contributed by atoms with E-state index in [1.807, 2.05) is 0 Å². The molecule has 1 rings (SSSR count). The van der Waals surface area contributed by atoms with E-state index in [0.717, 1.165) is 12.8 Å². The molecule has 0 amide bonds. The van der Waals surface area contributed by atoms with Crippen molar-refractivity contribution >= 4 is 0 Å². The molecule has 0 heterocycles. The van der Waals surface area contributed by atoms with Gasteiger partial charge in [0, 0.05) is 0 Å². The van der Waals surface area contributed by atoms with E-state index < -0.39 is 0 Å². The molecule has 0 aliphatic heterocycles. The highest BCUT2D eigenvalue weighted by molar-refractivity contribution is 5.34. The SMILES string of the molecule is CCc1cccc(C)c1CC.N.N.N.N. The van der Waals surface area contributed by atoms with Gasteiger partial charge >= 0.3 is 0 Å². The Labute approximate surface area is 93.8 Å². The number of hydrogen-bond donors (Lipinski definition) is 4. The molecular weight excluding hydrogens is 188 g/mol. The van der Waals surface area contributed by atoms with Crippen molar-refractivity contribution in [1.29, 1.82) is 0 Å². The molecule has 1 aromatic rings. The molecule has 0 saturated carbocycles. The molecule has 0 atom stereocenters. The van der Waals surface area contributed by atoms with Crippen molar-refractivity contribution in [2.45, 2.75) is 33.6 Å². The molecule has 0 radical (unpaired) electrons. The van der Waals surface area contributed by atoms with Crippen molar-refractivity contribution in [3.63, 3.8) is 0 Å². The van der Waals surface area contributed by atoms with Gasteiger partial charge < -0.3 is 24.6 Å². The molecule has 4 heteroatoms. The van der Waals surface area contributed by atoms with Crippen molar-refractivity contribution in [3.05, 3.63) is 34.9 Å². The lowest BCUT2D eigenvalue weighted by Gasteiger charge is -2.07. The zero-order chi connectivity index (χ0) is 8.27. The van der Waals surface area contributed by atoms with Gasteiger partial charge in [-0.05, 0) is 36.5 Å². The van der Waals surface area contributed by atoms with Crippen molar-refractivity contribution < 1.29 is 0 Å². The van der Waals surface area contributed by atoms with E-state index >= 15 is 0 Å². The second-order valence-electron chi connectivity index (χ2n) is 2.92. The van der Waals surface area contributed by atoms with Crippen LogP contribution in [0.3, 0.4) is 0 Å². The Morgan fingerprint density at radius 2 is 1.40 bits per heavy atom. The van der Waals surface area contributed by atoms with E-state index in [2.05, 4.69) is 39.0 Å². The van der Waals surface area contributed by atoms with Crippen molar-refractivity contribution in [2.24, 2.45) is 0 Å². The molecule has 0 spiro atoms. The van der Waals surface area contributed by atoms with E-state index in [1.54, 1.807) is 0 Å². The summed E-state index contributed by atoms with van der Waals surface area (Å²) in [5.74, 6) is 0. The van der Waals surface area contributed by atoms with Crippen LogP contribution in [0.5, 0.6) is 0 Å². The molecule has 4 nitrogen and oxygen atoms in total. The predicted octanol–water partition coefficient (Wildman–Crippen LogP) is 3.77. The molecule has 15 heavy (non-hydrogen) atoms. The van der Waals surface area contributed by atoms with E-state index in [1.165, 1.54) is 16.7 Å². The summed E-state index contributed by atoms with van der Waals surface area (Å²) in [4.78, 5) is 0. The third kappa shape index (κ3) is 5.49. The number of rotatable bonds is 2. The molecule has 0 aromatic heterocycles. The molecule has 0 aliphatic carbocycles. The van der Waals surface area contributed by atoms with E-state index in [0.29, 0.717) is 0 Å². The Balaban J connectivity index is -0.000000151. The quantitative estimate of drug-likeness (QED) is 0.597. The first-order chi connectivity index (χ1) is 5.29.